The van der Waals surface area contributed by atoms with Crippen molar-refractivity contribution in [2.45, 2.75) is 64.1 Å². The fourth-order valence-corrected chi connectivity index (χ4v) is 3.54. The molecule has 1 saturated carbocycles. The smallest absolute Gasteiger partial charge is 0.225 e. The number of nitrogens with two attached hydrogens (primary N) is 1. The van der Waals surface area contributed by atoms with Gasteiger partial charge < -0.3 is 15.8 Å². The predicted octanol–water partition coefficient (Wildman–Crippen LogP) is 1.12. The molecule has 0 bridgehead atoms. The Morgan fingerprint density at radius 3 is 2.62 bits per heavy atom. The van der Waals surface area contributed by atoms with Gasteiger partial charge in [0.25, 0.3) is 0 Å². The van der Waals surface area contributed by atoms with Crippen molar-refractivity contribution >= 4 is 5.91 Å². The molecule has 0 aromatic heterocycles. The van der Waals surface area contributed by atoms with Gasteiger partial charge >= 0.3 is 0 Å². The van der Waals surface area contributed by atoms with Gasteiger partial charge in [-0.15, -0.1) is 0 Å². The zero-order valence-corrected chi connectivity index (χ0v) is 13.7. The third-order valence-electron chi connectivity index (χ3n) is 5.29. The van der Waals surface area contributed by atoms with Gasteiger partial charge in [0.15, 0.2) is 0 Å². The molecule has 1 saturated heterocycles. The Kier molecular flexibility index (Phi) is 5.63. The van der Waals surface area contributed by atoms with Gasteiger partial charge in [-0.05, 0) is 33.6 Å². The van der Waals surface area contributed by atoms with Gasteiger partial charge in [-0.2, -0.15) is 0 Å². The first-order chi connectivity index (χ1) is 9.92. The Hall–Kier alpha value is -0.650. The number of carbonyl (C=O) groups excluding carboxylic acids is 1. The summed E-state index contributed by atoms with van der Waals surface area (Å²) in [5.74, 6) is 0.0814. The molecular weight excluding hydrogens is 266 g/mol. The Morgan fingerprint density at radius 1 is 1.33 bits per heavy atom. The van der Waals surface area contributed by atoms with Crippen LogP contribution in [0.3, 0.4) is 0 Å². The summed E-state index contributed by atoms with van der Waals surface area (Å²) >= 11 is 0. The molecule has 0 spiro atoms. The number of carbonyl (C=O) groups is 1. The van der Waals surface area contributed by atoms with Crippen LogP contribution in [0.4, 0.5) is 0 Å². The second-order valence-corrected chi connectivity index (χ2v) is 6.99. The summed E-state index contributed by atoms with van der Waals surface area (Å²) in [7, 11) is 0. The monoisotopic (exact) mass is 297 g/mol. The lowest BCUT2D eigenvalue weighted by Gasteiger charge is -2.40. The Morgan fingerprint density at radius 2 is 2.00 bits per heavy atom. The molecule has 5 heteroatoms. The number of amides is 1. The molecule has 1 aliphatic heterocycles. The topological polar surface area (TPSA) is 67.6 Å². The van der Waals surface area contributed by atoms with Crippen LogP contribution in [0.2, 0.25) is 0 Å². The summed E-state index contributed by atoms with van der Waals surface area (Å²) in [4.78, 5) is 15.0. The second kappa shape index (κ2) is 7.07. The fraction of sp³-hybridized carbons (Fsp3) is 0.938. The van der Waals surface area contributed by atoms with Crippen molar-refractivity contribution in [1.29, 1.82) is 0 Å². The highest BCUT2D eigenvalue weighted by atomic mass is 16.5. The molecule has 1 heterocycles. The van der Waals surface area contributed by atoms with Crippen molar-refractivity contribution < 1.29 is 9.53 Å². The van der Waals surface area contributed by atoms with Crippen LogP contribution < -0.4 is 11.1 Å². The first-order valence-corrected chi connectivity index (χ1v) is 8.33. The number of hydrogen-bond donors (Lipinski definition) is 2. The van der Waals surface area contributed by atoms with E-state index in [2.05, 4.69) is 24.1 Å². The van der Waals surface area contributed by atoms with E-state index in [4.69, 9.17) is 10.5 Å². The molecule has 0 aromatic carbocycles. The van der Waals surface area contributed by atoms with E-state index in [1.165, 1.54) is 0 Å². The average molecular weight is 297 g/mol. The van der Waals surface area contributed by atoms with Crippen LogP contribution in [0, 0.1) is 5.92 Å². The highest BCUT2D eigenvalue weighted by Crippen LogP contribution is 2.31. The zero-order chi connectivity index (χ0) is 15.5. The summed E-state index contributed by atoms with van der Waals surface area (Å²) in [6, 6.07) is 0.457. The number of morpholine rings is 1. The third kappa shape index (κ3) is 4.18. The van der Waals surface area contributed by atoms with Crippen molar-refractivity contribution in [1.82, 2.24) is 10.2 Å². The van der Waals surface area contributed by atoms with Gasteiger partial charge in [-0.25, -0.2) is 0 Å². The van der Waals surface area contributed by atoms with Crippen molar-refractivity contribution in [3.05, 3.63) is 0 Å². The first-order valence-electron chi connectivity index (χ1n) is 8.33. The Bertz CT molecular complexity index is 353. The lowest BCUT2D eigenvalue weighted by Crippen LogP contribution is -2.57. The minimum atomic E-state index is -0.357. The normalized spacial score (nSPS) is 34.2. The van der Waals surface area contributed by atoms with E-state index in [0.29, 0.717) is 6.04 Å². The Labute approximate surface area is 128 Å². The molecule has 4 unspecified atom stereocenters. The van der Waals surface area contributed by atoms with Crippen LogP contribution in [0.1, 0.15) is 46.5 Å². The highest BCUT2D eigenvalue weighted by Gasteiger charge is 2.38. The largest absolute Gasteiger partial charge is 0.379 e. The van der Waals surface area contributed by atoms with E-state index < -0.39 is 0 Å². The molecule has 0 radical (unpaired) electrons. The number of hydrogen-bond acceptors (Lipinski definition) is 4. The van der Waals surface area contributed by atoms with E-state index >= 15 is 0 Å². The summed E-state index contributed by atoms with van der Waals surface area (Å²) in [5.41, 5.74) is 5.97. The minimum absolute atomic E-state index is 0.0504. The molecule has 4 atom stereocenters. The summed E-state index contributed by atoms with van der Waals surface area (Å²) in [6.45, 7) is 9.75. The maximum atomic E-state index is 12.6. The molecule has 0 aromatic rings. The highest BCUT2D eigenvalue weighted by molar-refractivity contribution is 5.80. The van der Waals surface area contributed by atoms with E-state index in [9.17, 15) is 4.79 Å². The van der Waals surface area contributed by atoms with E-state index in [0.717, 1.165) is 52.0 Å². The van der Waals surface area contributed by atoms with Crippen LogP contribution in [-0.2, 0) is 9.53 Å². The number of rotatable bonds is 4. The van der Waals surface area contributed by atoms with Crippen LogP contribution in [0.15, 0.2) is 0 Å². The molecule has 21 heavy (non-hydrogen) atoms. The molecule has 5 nitrogen and oxygen atoms in total. The standard InChI is InChI=1S/C16H31N3O2/c1-12(13(2)19-8-10-21-11-9-19)18-15(20)14-6-4-5-7-16(14,3)17/h12-14H,4-11,17H2,1-3H3,(H,18,20). The fourth-order valence-electron chi connectivity index (χ4n) is 3.54. The van der Waals surface area contributed by atoms with Gasteiger partial charge in [0.05, 0.1) is 19.1 Å². The van der Waals surface area contributed by atoms with E-state index in [1.807, 2.05) is 6.92 Å². The van der Waals surface area contributed by atoms with E-state index in [1.54, 1.807) is 0 Å². The van der Waals surface area contributed by atoms with Crippen LogP contribution >= 0.6 is 0 Å². The van der Waals surface area contributed by atoms with Crippen molar-refractivity contribution in [3.8, 4) is 0 Å². The minimum Gasteiger partial charge on any atom is -0.379 e. The quantitative estimate of drug-likeness (QED) is 0.816. The number of ether oxygens (including phenoxy) is 1. The maximum absolute atomic E-state index is 12.6. The first kappa shape index (κ1) is 16.7. The third-order valence-corrected chi connectivity index (χ3v) is 5.29. The Balaban J connectivity index is 1.88. The predicted molar refractivity (Wildman–Crippen MR) is 84.0 cm³/mol. The lowest BCUT2D eigenvalue weighted by molar-refractivity contribution is -0.129. The van der Waals surface area contributed by atoms with E-state index in [-0.39, 0.29) is 23.4 Å². The molecule has 1 amide bonds. The molecular formula is C16H31N3O2. The molecule has 2 rings (SSSR count). The zero-order valence-electron chi connectivity index (χ0n) is 13.7. The summed E-state index contributed by atoms with van der Waals surface area (Å²) in [6.07, 6.45) is 4.10. The van der Waals surface area contributed by atoms with Gasteiger partial charge in [-0.1, -0.05) is 12.8 Å². The van der Waals surface area contributed by atoms with Crippen LogP contribution in [0.5, 0.6) is 0 Å². The van der Waals surface area contributed by atoms with Crippen molar-refractivity contribution in [3.63, 3.8) is 0 Å². The van der Waals surface area contributed by atoms with Gasteiger partial charge in [0.2, 0.25) is 5.91 Å². The average Bonchev–Trinajstić information content (AvgIpc) is 2.46. The maximum Gasteiger partial charge on any atom is 0.225 e. The molecule has 1 aliphatic carbocycles. The summed E-state index contributed by atoms with van der Waals surface area (Å²) < 4.78 is 5.39. The lowest BCUT2D eigenvalue weighted by atomic mass is 9.74. The summed E-state index contributed by atoms with van der Waals surface area (Å²) in [5, 5.41) is 3.20. The van der Waals surface area contributed by atoms with Crippen molar-refractivity contribution in [2.24, 2.45) is 11.7 Å². The molecule has 2 fully saturated rings. The number of nitrogens with one attached hydrogen (secondary N) is 1. The van der Waals surface area contributed by atoms with Crippen LogP contribution in [0.25, 0.3) is 0 Å². The molecule has 3 N–H and O–H groups in total. The molecule has 2 aliphatic rings. The van der Waals surface area contributed by atoms with Crippen LogP contribution in [-0.4, -0.2) is 54.7 Å². The van der Waals surface area contributed by atoms with Gasteiger partial charge in [-0.3, -0.25) is 9.69 Å². The van der Waals surface area contributed by atoms with Gasteiger partial charge in [0.1, 0.15) is 0 Å². The SMILES string of the molecule is CC(NC(=O)C1CCCCC1(C)N)C(C)N1CCOCC1. The molecule has 122 valence electrons. The number of nitrogens with zero attached hydrogens (tertiary/aromatic N) is 1. The second-order valence-electron chi connectivity index (χ2n) is 6.99. The van der Waals surface area contributed by atoms with Crippen molar-refractivity contribution in [2.75, 3.05) is 26.3 Å². The van der Waals surface area contributed by atoms with Gasteiger partial charge in [0, 0.05) is 30.7 Å².